The van der Waals surface area contributed by atoms with E-state index in [0.29, 0.717) is 5.82 Å². The van der Waals surface area contributed by atoms with Crippen LogP contribution in [0.15, 0.2) is 23.0 Å². The van der Waals surface area contributed by atoms with Crippen molar-refractivity contribution in [3.63, 3.8) is 0 Å². The van der Waals surface area contributed by atoms with Gasteiger partial charge in [0.15, 0.2) is 11.5 Å². The number of carbonyl (C=O) groups is 1. The molecule has 15 heavy (non-hydrogen) atoms. The number of carboxylic acids is 1. The molecule has 1 N–H and O–H groups in total. The molecule has 0 aliphatic heterocycles. The Morgan fingerprint density at radius 2 is 2.27 bits per heavy atom. The van der Waals surface area contributed by atoms with Crippen LogP contribution in [0.4, 0.5) is 0 Å². The first-order valence-electron chi connectivity index (χ1n) is 4.28. The predicted molar refractivity (Wildman–Crippen MR) is 57.0 cm³/mol. The monoisotopic (exact) mass is 220 g/mol. The molecule has 76 valence electrons. The minimum atomic E-state index is -1.04. The largest absolute Gasteiger partial charge is 0.477 e. The number of hydrogen-bond donors (Lipinski definition) is 1. The lowest BCUT2D eigenvalue weighted by molar-refractivity contribution is 0.0690. The highest BCUT2D eigenvalue weighted by Gasteiger charge is 2.09. The van der Waals surface area contributed by atoms with Gasteiger partial charge >= 0.3 is 5.97 Å². The minimum absolute atomic E-state index is 0.0191. The lowest BCUT2D eigenvalue weighted by Gasteiger charge is -1.99. The van der Waals surface area contributed by atoms with Gasteiger partial charge in [0, 0.05) is 17.1 Å². The van der Waals surface area contributed by atoms with Crippen molar-refractivity contribution in [3.8, 4) is 11.4 Å². The van der Waals surface area contributed by atoms with Crippen molar-refractivity contribution in [2.75, 3.05) is 0 Å². The van der Waals surface area contributed by atoms with E-state index in [2.05, 4.69) is 9.97 Å². The van der Waals surface area contributed by atoms with Crippen molar-refractivity contribution in [1.29, 1.82) is 0 Å². The van der Waals surface area contributed by atoms with Crippen LogP contribution in [-0.2, 0) is 0 Å². The van der Waals surface area contributed by atoms with E-state index in [9.17, 15) is 4.79 Å². The van der Waals surface area contributed by atoms with Crippen molar-refractivity contribution >= 4 is 17.3 Å². The molecule has 5 heteroatoms. The van der Waals surface area contributed by atoms with Crippen LogP contribution >= 0.6 is 11.3 Å². The van der Waals surface area contributed by atoms with Crippen LogP contribution in [0.3, 0.4) is 0 Å². The molecular weight excluding hydrogens is 212 g/mol. The van der Waals surface area contributed by atoms with Gasteiger partial charge in [-0.2, -0.15) is 11.3 Å². The highest BCUT2D eigenvalue weighted by Crippen LogP contribution is 2.23. The van der Waals surface area contributed by atoms with Gasteiger partial charge < -0.3 is 5.11 Å². The first-order chi connectivity index (χ1) is 7.18. The average molecular weight is 220 g/mol. The first-order valence-corrected chi connectivity index (χ1v) is 5.22. The van der Waals surface area contributed by atoms with Gasteiger partial charge in [-0.15, -0.1) is 0 Å². The van der Waals surface area contributed by atoms with Crippen LogP contribution in [-0.4, -0.2) is 21.0 Å². The Kier molecular flexibility index (Phi) is 2.47. The van der Waals surface area contributed by atoms with Gasteiger partial charge in [0.05, 0.1) is 0 Å². The van der Waals surface area contributed by atoms with Crippen molar-refractivity contribution in [2.45, 2.75) is 6.92 Å². The summed E-state index contributed by atoms with van der Waals surface area (Å²) in [7, 11) is 0. The van der Waals surface area contributed by atoms with Gasteiger partial charge in [0.1, 0.15) is 0 Å². The SMILES string of the molecule is Cc1cscc1-c1nccc(C(=O)O)n1. The molecule has 0 radical (unpaired) electrons. The highest BCUT2D eigenvalue weighted by atomic mass is 32.1. The molecule has 0 atom stereocenters. The molecular formula is C10H8N2O2S. The molecule has 0 aliphatic rings. The number of rotatable bonds is 2. The smallest absolute Gasteiger partial charge is 0.354 e. The number of nitrogens with zero attached hydrogens (tertiary/aromatic N) is 2. The third kappa shape index (κ3) is 1.87. The molecule has 0 aliphatic carbocycles. The fourth-order valence-electron chi connectivity index (χ4n) is 1.20. The molecule has 0 fully saturated rings. The maximum absolute atomic E-state index is 10.7. The summed E-state index contributed by atoms with van der Waals surface area (Å²) in [6.07, 6.45) is 1.46. The fraction of sp³-hybridized carbons (Fsp3) is 0.100. The van der Waals surface area contributed by atoms with Crippen LogP contribution in [0.2, 0.25) is 0 Å². The molecule has 0 unspecified atom stereocenters. The van der Waals surface area contributed by atoms with Crippen molar-refractivity contribution in [3.05, 3.63) is 34.3 Å². The van der Waals surface area contributed by atoms with E-state index in [1.807, 2.05) is 17.7 Å². The standard InChI is InChI=1S/C10H8N2O2S/c1-6-4-15-5-7(6)9-11-3-2-8(12-9)10(13)14/h2-5H,1H3,(H,13,14). The molecule has 0 bridgehead atoms. The third-order valence-corrected chi connectivity index (χ3v) is 2.83. The Morgan fingerprint density at radius 1 is 1.47 bits per heavy atom. The summed E-state index contributed by atoms with van der Waals surface area (Å²) in [6, 6.07) is 1.38. The third-order valence-electron chi connectivity index (χ3n) is 1.97. The van der Waals surface area contributed by atoms with Crippen LogP contribution < -0.4 is 0 Å². The molecule has 0 saturated carbocycles. The van der Waals surface area contributed by atoms with E-state index in [-0.39, 0.29) is 5.69 Å². The predicted octanol–water partition coefficient (Wildman–Crippen LogP) is 2.21. The topological polar surface area (TPSA) is 63.1 Å². The van der Waals surface area contributed by atoms with Crippen LogP contribution in [0, 0.1) is 6.92 Å². The van der Waals surface area contributed by atoms with Gasteiger partial charge in [0.2, 0.25) is 0 Å². The van der Waals surface area contributed by atoms with Crippen LogP contribution in [0.5, 0.6) is 0 Å². The molecule has 2 aromatic heterocycles. The maximum atomic E-state index is 10.7. The van der Waals surface area contributed by atoms with E-state index < -0.39 is 5.97 Å². The minimum Gasteiger partial charge on any atom is -0.477 e. The van der Waals surface area contributed by atoms with Crippen molar-refractivity contribution in [2.24, 2.45) is 0 Å². The molecule has 0 aromatic carbocycles. The second-order valence-electron chi connectivity index (χ2n) is 3.04. The van der Waals surface area contributed by atoms with Crippen LogP contribution in [0.1, 0.15) is 16.1 Å². The summed E-state index contributed by atoms with van der Waals surface area (Å²) in [4.78, 5) is 18.7. The number of carboxylic acid groups (broad SMARTS) is 1. The van der Waals surface area contributed by atoms with Crippen LogP contribution in [0.25, 0.3) is 11.4 Å². The quantitative estimate of drug-likeness (QED) is 0.842. The Balaban J connectivity index is 2.50. The van der Waals surface area contributed by atoms with E-state index in [0.717, 1.165) is 11.1 Å². The first kappa shape index (κ1) is 9.79. The van der Waals surface area contributed by atoms with E-state index in [1.165, 1.54) is 12.3 Å². The molecule has 2 heterocycles. The Morgan fingerprint density at radius 3 is 2.87 bits per heavy atom. The second-order valence-corrected chi connectivity index (χ2v) is 3.78. The summed E-state index contributed by atoms with van der Waals surface area (Å²) in [5.41, 5.74) is 1.97. The average Bonchev–Trinajstić information content (AvgIpc) is 2.64. The molecule has 2 rings (SSSR count). The number of hydrogen-bond acceptors (Lipinski definition) is 4. The lowest BCUT2D eigenvalue weighted by atomic mass is 10.2. The summed E-state index contributed by atoms with van der Waals surface area (Å²) < 4.78 is 0. The maximum Gasteiger partial charge on any atom is 0.354 e. The van der Waals surface area contributed by atoms with E-state index in [4.69, 9.17) is 5.11 Å². The number of aryl methyl sites for hydroxylation is 1. The molecule has 0 spiro atoms. The number of thiophene rings is 1. The summed E-state index contributed by atoms with van der Waals surface area (Å²) >= 11 is 1.55. The zero-order chi connectivity index (χ0) is 10.8. The van der Waals surface area contributed by atoms with Gasteiger partial charge in [-0.25, -0.2) is 14.8 Å². The second kappa shape index (κ2) is 3.78. The highest BCUT2D eigenvalue weighted by molar-refractivity contribution is 7.08. The fourth-order valence-corrected chi connectivity index (χ4v) is 2.02. The Bertz CT molecular complexity index is 508. The lowest BCUT2D eigenvalue weighted by Crippen LogP contribution is -2.02. The number of aromatic nitrogens is 2. The van der Waals surface area contributed by atoms with Gasteiger partial charge in [0.25, 0.3) is 0 Å². The van der Waals surface area contributed by atoms with Gasteiger partial charge in [-0.05, 0) is 23.9 Å². The van der Waals surface area contributed by atoms with Crippen molar-refractivity contribution in [1.82, 2.24) is 9.97 Å². The van der Waals surface area contributed by atoms with Crippen molar-refractivity contribution < 1.29 is 9.90 Å². The summed E-state index contributed by atoms with van der Waals surface area (Å²) in [6.45, 7) is 1.95. The zero-order valence-electron chi connectivity index (χ0n) is 7.97. The van der Waals surface area contributed by atoms with Gasteiger partial charge in [-0.3, -0.25) is 0 Å². The van der Waals surface area contributed by atoms with E-state index >= 15 is 0 Å². The van der Waals surface area contributed by atoms with Gasteiger partial charge in [-0.1, -0.05) is 0 Å². The van der Waals surface area contributed by atoms with E-state index in [1.54, 1.807) is 11.3 Å². The molecule has 4 nitrogen and oxygen atoms in total. The normalized spacial score (nSPS) is 10.2. The zero-order valence-corrected chi connectivity index (χ0v) is 8.78. The molecule has 2 aromatic rings. The Hall–Kier alpha value is -1.75. The number of aromatic carboxylic acids is 1. The molecule has 0 amide bonds. The Labute approximate surface area is 90.3 Å². The summed E-state index contributed by atoms with van der Waals surface area (Å²) in [5, 5.41) is 12.7. The molecule has 0 saturated heterocycles. The summed E-state index contributed by atoms with van der Waals surface area (Å²) in [5.74, 6) is -0.569.